The lowest BCUT2D eigenvalue weighted by Gasteiger charge is -2.35. The number of likely N-dealkylation sites (tertiary alicyclic amines) is 1. The van der Waals surface area contributed by atoms with Crippen molar-refractivity contribution in [2.45, 2.75) is 91.1 Å². The van der Waals surface area contributed by atoms with Gasteiger partial charge in [0.1, 0.15) is 18.4 Å². The third kappa shape index (κ3) is 19.3. The van der Waals surface area contributed by atoms with E-state index < -0.39 is 35.4 Å². The molecule has 7 N–H and O–H groups in total. The molecule has 0 radical (unpaired) electrons. The first-order chi connectivity index (χ1) is 40.5. The maximum Gasteiger partial charge on any atom is 0.273 e. The van der Waals surface area contributed by atoms with Gasteiger partial charge in [0, 0.05) is 57.9 Å². The molecule has 454 valence electrons. The van der Waals surface area contributed by atoms with E-state index in [4.69, 9.17) is 28.4 Å². The van der Waals surface area contributed by atoms with Crippen LogP contribution in [0.4, 0.5) is 17.2 Å². The van der Waals surface area contributed by atoms with Crippen molar-refractivity contribution in [3.05, 3.63) is 77.3 Å². The zero-order valence-corrected chi connectivity index (χ0v) is 49.2. The molecular formula is C57H77N13O13S. The number of aromatic nitrogens is 6. The van der Waals surface area contributed by atoms with Gasteiger partial charge in [-0.1, -0.05) is 51.1 Å². The van der Waals surface area contributed by atoms with Crippen molar-refractivity contribution in [1.29, 1.82) is 0 Å². The largest absolute Gasteiger partial charge is 0.494 e. The lowest BCUT2D eigenvalue weighted by molar-refractivity contribution is -0.144. The van der Waals surface area contributed by atoms with Crippen molar-refractivity contribution in [2.75, 3.05) is 104 Å². The summed E-state index contributed by atoms with van der Waals surface area (Å²) in [7, 11) is 2.98. The molecule has 3 aromatic heterocycles. The number of nitrogens with one attached hydrogen (secondary N) is 6. The van der Waals surface area contributed by atoms with Crippen LogP contribution in [0, 0.1) is 18.3 Å². The predicted octanol–water partition coefficient (Wildman–Crippen LogP) is 3.42. The Labute approximate surface area is 491 Å². The Morgan fingerprint density at radius 3 is 2.06 bits per heavy atom. The number of methoxy groups -OCH3 is 1. The summed E-state index contributed by atoms with van der Waals surface area (Å²) in [5, 5.41) is 40.3. The summed E-state index contributed by atoms with van der Waals surface area (Å²) in [6, 6.07) is 12.9. The Balaban J connectivity index is 0.685. The van der Waals surface area contributed by atoms with E-state index in [-0.39, 0.29) is 99.8 Å². The van der Waals surface area contributed by atoms with Gasteiger partial charge in [0.25, 0.3) is 5.91 Å². The molecular weight excluding hydrogens is 1110 g/mol. The standard InChI is InChI=1S/C57H77N13O13S/c1-36-50(84-35-62-36)38-12-10-37(11-13-38)32-60-54(75)44-30-40(71)33-70(44)56(77)51(57(2,3)4)65-47(73)17-21-80-23-25-82-27-29-83-28-26-81-24-22-79-20-16-46(72)59-18-19-69-34-61-52(68-69)41-8-7-9-42(49(41)78-6)63-43-31-45(64-53(74)39-14-15-39)66-67-48(43)55(76)58-5/h7-13,31,34-35,39-40,44,51,71H,14-30,32-33H2,1-6H3,(H,58,76)(H,59,72)(H,60,75)(H,65,73)(H2,63,64,66,74)/t40-,44+,51-/m1/s1. The van der Waals surface area contributed by atoms with Gasteiger partial charge in [-0.3, -0.25) is 33.4 Å². The second kappa shape index (κ2) is 31.9. The molecule has 0 unspecified atom stereocenters. The van der Waals surface area contributed by atoms with E-state index in [0.717, 1.165) is 34.5 Å². The monoisotopic (exact) mass is 1180 g/mol. The minimum atomic E-state index is -0.947. The number of aliphatic hydroxyl groups excluding tert-OH is 1. The zero-order valence-electron chi connectivity index (χ0n) is 48.4. The molecule has 3 atom stereocenters. The average molecular weight is 1180 g/mol. The van der Waals surface area contributed by atoms with Gasteiger partial charge in [-0.15, -0.1) is 21.5 Å². The molecule has 2 fully saturated rings. The maximum atomic E-state index is 14.0. The van der Waals surface area contributed by atoms with Crippen LogP contribution in [0.15, 0.2) is 60.4 Å². The van der Waals surface area contributed by atoms with Crippen LogP contribution in [-0.2, 0) is 60.7 Å². The lowest BCUT2D eigenvalue weighted by Crippen LogP contribution is -2.57. The Kier molecular flexibility index (Phi) is 24.4. The first-order valence-corrected chi connectivity index (χ1v) is 28.9. The molecule has 2 aliphatic rings. The highest BCUT2D eigenvalue weighted by Gasteiger charge is 2.44. The number of β-amino-alcohol motifs (C(OH)–C–C–N with tert-alkyl or cyclic N) is 1. The van der Waals surface area contributed by atoms with E-state index in [1.807, 2.05) is 52.0 Å². The second-order valence-corrected chi connectivity index (χ2v) is 21.9. The SMILES string of the molecule is CNC(=O)c1nnc(NC(=O)C2CC2)cc1Nc1cccc(-c2ncn(CCNC(=O)CCOCCOCCOCCOCCOCCC(=O)N[C@H](C(=O)N3C[C@H](O)C[C@H]3C(=O)NCc3ccc(-c4scnc4C)cc3)C(C)(C)C)n2)c1OC. The molecule has 1 aliphatic heterocycles. The van der Waals surface area contributed by atoms with Gasteiger partial charge < -0.3 is 70.3 Å². The molecule has 84 heavy (non-hydrogen) atoms. The third-order valence-electron chi connectivity index (χ3n) is 13.5. The fourth-order valence-corrected chi connectivity index (χ4v) is 9.65. The first-order valence-electron chi connectivity index (χ1n) is 28.0. The number of anilines is 3. The number of hydrogen-bond acceptors (Lipinski definition) is 20. The van der Waals surface area contributed by atoms with Crippen molar-refractivity contribution >= 4 is 64.0 Å². The Morgan fingerprint density at radius 1 is 0.798 bits per heavy atom. The average Bonchev–Trinajstić information content (AvgIpc) is 2.67. The second-order valence-electron chi connectivity index (χ2n) is 21.0. The number of aliphatic hydroxyl groups is 1. The highest BCUT2D eigenvalue weighted by atomic mass is 32.1. The van der Waals surface area contributed by atoms with Crippen molar-refractivity contribution in [1.82, 2.24) is 56.1 Å². The van der Waals surface area contributed by atoms with Crippen molar-refractivity contribution in [3.63, 3.8) is 0 Å². The summed E-state index contributed by atoms with van der Waals surface area (Å²) in [5.41, 5.74) is 5.37. The fraction of sp³-hybridized carbons (Fsp3) is 0.526. The topological polar surface area (TPSA) is 323 Å². The predicted molar refractivity (Wildman–Crippen MR) is 310 cm³/mol. The molecule has 0 bridgehead atoms. The summed E-state index contributed by atoms with van der Waals surface area (Å²) in [6.07, 6.45) is 2.57. The molecule has 6 amide bonds. The fourth-order valence-electron chi connectivity index (χ4n) is 8.83. The summed E-state index contributed by atoms with van der Waals surface area (Å²) in [5.74, 6) is -1.08. The molecule has 2 aromatic carbocycles. The van der Waals surface area contributed by atoms with E-state index in [1.54, 1.807) is 52.1 Å². The Bertz CT molecular complexity index is 2990. The third-order valence-corrected chi connectivity index (χ3v) is 14.5. The molecule has 4 heterocycles. The smallest absolute Gasteiger partial charge is 0.273 e. The molecule has 7 rings (SSSR count). The van der Waals surface area contributed by atoms with Crippen LogP contribution in [0.1, 0.15) is 74.6 Å². The van der Waals surface area contributed by atoms with E-state index >= 15 is 0 Å². The van der Waals surface area contributed by atoms with Gasteiger partial charge in [-0.2, -0.15) is 5.10 Å². The molecule has 1 saturated heterocycles. The molecule has 0 spiro atoms. The summed E-state index contributed by atoms with van der Waals surface area (Å²) >= 11 is 1.57. The number of hydrogen-bond donors (Lipinski definition) is 7. The number of nitrogens with zero attached hydrogens (tertiary/aromatic N) is 7. The number of aryl methyl sites for hydroxylation is 1. The van der Waals surface area contributed by atoms with Crippen molar-refractivity contribution in [3.8, 4) is 27.6 Å². The van der Waals surface area contributed by atoms with Crippen LogP contribution in [0.5, 0.6) is 5.75 Å². The molecule has 26 nitrogen and oxygen atoms in total. The van der Waals surface area contributed by atoms with E-state index in [0.29, 0.717) is 81.2 Å². The number of ether oxygens (including phenoxy) is 6. The number of carbonyl (C=O) groups excluding carboxylic acids is 6. The van der Waals surface area contributed by atoms with Gasteiger partial charge in [-0.25, -0.2) is 9.97 Å². The van der Waals surface area contributed by atoms with Crippen molar-refractivity contribution in [2.24, 2.45) is 11.3 Å². The molecule has 27 heteroatoms. The summed E-state index contributed by atoms with van der Waals surface area (Å²) in [4.78, 5) is 89.2. The van der Waals surface area contributed by atoms with Crippen LogP contribution in [0.3, 0.4) is 0 Å². The summed E-state index contributed by atoms with van der Waals surface area (Å²) in [6.45, 7) is 11.2. The number of thiazole rings is 1. The Morgan fingerprint density at radius 2 is 1.45 bits per heavy atom. The van der Waals surface area contributed by atoms with Crippen LogP contribution in [0.2, 0.25) is 0 Å². The van der Waals surface area contributed by atoms with Crippen LogP contribution in [-0.4, -0.2) is 187 Å². The number of carbonyl (C=O) groups is 6. The first kappa shape index (κ1) is 64.0. The number of benzene rings is 2. The number of para-hydroxylation sites is 1. The minimum absolute atomic E-state index is 0.00690. The van der Waals surface area contributed by atoms with E-state index in [9.17, 15) is 33.9 Å². The van der Waals surface area contributed by atoms with Gasteiger partial charge in [0.05, 0.1) is 119 Å². The maximum absolute atomic E-state index is 14.0. The van der Waals surface area contributed by atoms with Gasteiger partial charge in [0.2, 0.25) is 29.5 Å². The quantitative estimate of drug-likeness (QED) is 0.0290. The summed E-state index contributed by atoms with van der Waals surface area (Å²) < 4.78 is 35.2. The highest BCUT2D eigenvalue weighted by molar-refractivity contribution is 7.13. The van der Waals surface area contributed by atoms with Crippen LogP contribution in [0.25, 0.3) is 21.8 Å². The molecule has 1 aliphatic carbocycles. The van der Waals surface area contributed by atoms with Crippen molar-refractivity contribution < 1.29 is 62.3 Å². The normalized spacial score (nSPS) is 15.3. The lowest BCUT2D eigenvalue weighted by atomic mass is 9.85. The minimum Gasteiger partial charge on any atom is -0.494 e. The van der Waals surface area contributed by atoms with Crippen LogP contribution >= 0.6 is 11.3 Å². The molecule has 5 aromatic rings. The van der Waals surface area contributed by atoms with Gasteiger partial charge in [-0.05, 0) is 48.4 Å². The zero-order chi connectivity index (χ0) is 60.0. The van der Waals surface area contributed by atoms with Gasteiger partial charge >= 0.3 is 0 Å². The number of rotatable bonds is 34. The van der Waals surface area contributed by atoms with Crippen LogP contribution < -0.4 is 36.6 Å². The highest BCUT2D eigenvalue weighted by Crippen LogP contribution is 2.38. The van der Waals surface area contributed by atoms with E-state index in [1.165, 1.54) is 19.1 Å². The molecule has 1 saturated carbocycles. The Hall–Kier alpha value is -7.53. The number of amides is 6. The van der Waals surface area contributed by atoms with E-state index in [2.05, 4.69) is 57.2 Å². The van der Waals surface area contributed by atoms with Gasteiger partial charge in [0.15, 0.2) is 23.1 Å².